The Kier molecular flexibility index (Phi) is 2.13. The maximum atomic E-state index is 10.3. The largest absolute Gasteiger partial charge is 0.388 e. The minimum Gasteiger partial charge on any atom is -0.388 e. The predicted octanol–water partition coefficient (Wildman–Crippen LogP) is 0.0494. The van der Waals surface area contributed by atoms with Gasteiger partial charge in [0.1, 0.15) is 0 Å². The third-order valence-corrected chi connectivity index (χ3v) is 3.72. The van der Waals surface area contributed by atoms with E-state index in [-0.39, 0.29) is 0 Å². The fourth-order valence-electron chi connectivity index (χ4n) is 2.73. The monoisotopic (exact) mass is 184 g/mol. The van der Waals surface area contributed by atoms with E-state index in [1.54, 1.807) is 0 Å². The highest BCUT2D eigenvalue weighted by atomic mass is 16.3. The maximum absolute atomic E-state index is 10.3. The van der Waals surface area contributed by atoms with Crippen molar-refractivity contribution in [2.24, 2.45) is 5.92 Å². The Bertz CT molecular complexity index is 203. The Morgan fingerprint density at radius 1 is 1.46 bits per heavy atom. The van der Waals surface area contributed by atoms with Crippen LogP contribution >= 0.6 is 0 Å². The Morgan fingerprint density at radius 2 is 2.15 bits per heavy atom. The zero-order valence-electron chi connectivity index (χ0n) is 8.75. The van der Waals surface area contributed by atoms with E-state index in [1.165, 1.54) is 0 Å². The van der Waals surface area contributed by atoms with Crippen molar-refractivity contribution >= 4 is 0 Å². The summed E-state index contributed by atoms with van der Waals surface area (Å²) < 4.78 is 0. The molecule has 2 bridgehead atoms. The molecule has 3 nitrogen and oxygen atoms in total. The van der Waals surface area contributed by atoms with Crippen LogP contribution in [0.25, 0.3) is 0 Å². The number of hydrogen-bond donors (Lipinski definition) is 2. The average molecular weight is 184 g/mol. The maximum Gasteiger partial charge on any atom is 0.0838 e. The molecule has 3 atom stereocenters. The second kappa shape index (κ2) is 2.94. The third kappa shape index (κ3) is 1.30. The van der Waals surface area contributed by atoms with E-state index >= 15 is 0 Å². The molecule has 3 heteroatoms. The molecule has 0 saturated carbocycles. The van der Waals surface area contributed by atoms with Crippen molar-refractivity contribution in [1.29, 1.82) is 0 Å². The van der Waals surface area contributed by atoms with Crippen LogP contribution in [0.3, 0.4) is 0 Å². The molecule has 0 spiro atoms. The van der Waals surface area contributed by atoms with E-state index in [2.05, 4.69) is 24.1 Å². The van der Waals surface area contributed by atoms with Crippen LogP contribution in [0.1, 0.15) is 20.8 Å². The van der Waals surface area contributed by atoms with Gasteiger partial charge >= 0.3 is 0 Å². The molecule has 2 heterocycles. The molecule has 3 unspecified atom stereocenters. The Morgan fingerprint density at radius 3 is 2.69 bits per heavy atom. The van der Waals surface area contributed by atoms with Crippen molar-refractivity contribution < 1.29 is 5.11 Å². The highest BCUT2D eigenvalue weighted by molar-refractivity contribution is 5.07. The summed E-state index contributed by atoms with van der Waals surface area (Å²) in [4.78, 5) is 2.42. The summed E-state index contributed by atoms with van der Waals surface area (Å²) in [5, 5.41) is 13.7. The lowest BCUT2D eigenvalue weighted by Gasteiger charge is -2.38. The summed E-state index contributed by atoms with van der Waals surface area (Å²) in [5.74, 6) is 0.411. The van der Waals surface area contributed by atoms with E-state index < -0.39 is 5.60 Å². The van der Waals surface area contributed by atoms with Crippen molar-refractivity contribution in [3.8, 4) is 0 Å². The molecule has 13 heavy (non-hydrogen) atoms. The van der Waals surface area contributed by atoms with E-state index in [0.717, 1.165) is 19.6 Å². The average Bonchev–Trinajstić information content (AvgIpc) is 2.21. The van der Waals surface area contributed by atoms with Crippen molar-refractivity contribution in [3.63, 3.8) is 0 Å². The van der Waals surface area contributed by atoms with Gasteiger partial charge in [-0.2, -0.15) is 0 Å². The number of rotatable bonds is 1. The van der Waals surface area contributed by atoms with Gasteiger partial charge in [0.15, 0.2) is 0 Å². The summed E-state index contributed by atoms with van der Waals surface area (Å²) in [5.41, 5.74) is -0.477. The van der Waals surface area contributed by atoms with Crippen LogP contribution in [0, 0.1) is 5.92 Å². The smallest absolute Gasteiger partial charge is 0.0838 e. The minimum absolute atomic E-state index is 0.311. The summed E-state index contributed by atoms with van der Waals surface area (Å²) in [6.07, 6.45) is 0. The lowest BCUT2D eigenvalue weighted by Crippen LogP contribution is -2.57. The van der Waals surface area contributed by atoms with Crippen LogP contribution in [0.5, 0.6) is 0 Å². The highest BCUT2D eigenvalue weighted by Gasteiger charge is 2.52. The zero-order valence-corrected chi connectivity index (χ0v) is 8.75. The van der Waals surface area contributed by atoms with Gasteiger partial charge in [-0.25, -0.2) is 0 Å². The van der Waals surface area contributed by atoms with Crippen molar-refractivity contribution in [2.45, 2.75) is 38.5 Å². The first kappa shape index (κ1) is 9.44. The van der Waals surface area contributed by atoms with Gasteiger partial charge in [0.05, 0.1) is 11.6 Å². The number of nitrogens with one attached hydrogen (secondary N) is 1. The zero-order chi connectivity index (χ0) is 9.64. The molecule has 2 saturated heterocycles. The quantitative estimate of drug-likeness (QED) is 0.604. The molecular weight excluding hydrogens is 164 g/mol. The van der Waals surface area contributed by atoms with Crippen LogP contribution in [0.4, 0.5) is 0 Å². The van der Waals surface area contributed by atoms with Gasteiger partial charge in [-0.05, 0) is 20.8 Å². The molecule has 2 rings (SSSR count). The highest BCUT2D eigenvalue weighted by Crippen LogP contribution is 2.36. The fourth-order valence-corrected chi connectivity index (χ4v) is 2.73. The number of piperidine rings is 1. The van der Waals surface area contributed by atoms with Gasteiger partial charge < -0.3 is 10.4 Å². The second-order valence-corrected chi connectivity index (χ2v) is 4.89. The fraction of sp³-hybridized carbons (Fsp3) is 1.00. The van der Waals surface area contributed by atoms with Crippen molar-refractivity contribution in [2.75, 3.05) is 19.6 Å². The van der Waals surface area contributed by atoms with E-state index in [4.69, 9.17) is 0 Å². The first-order chi connectivity index (χ1) is 6.03. The lowest BCUT2D eigenvalue weighted by atomic mass is 9.84. The van der Waals surface area contributed by atoms with E-state index in [0.29, 0.717) is 18.0 Å². The number of fused-ring (bicyclic) bond motifs is 2. The van der Waals surface area contributed by atoms with Crippen molar-refractivity contribution in [1.82, 2.24) is 10.2 Å². The van der Waals surface area contributed by atoms with E-state index in [9.17, 15) is 5.11 Å². The van der Waals surface area contributed by atoms with Gasteiger partial charge in [0.2, 0.25) is 0 Å². The first-order valence-electron chi connectivity index (χ1n) is 5.22. The number of hydrogen-bond acceptors (Lipinski definition) is 3. The number of nitrogens with zero attached hydrogens (tertiary/aromatic N) is 1. The summed E-state index contributed by atoms with van der Waals surface area (Å²) in [7, 11) is 0. The lowest BCUT2D eigenvalue weighted by molar-refractivity contribution is -0.0267. The molecular formula is C10H20N2O. The molecule has 0 aromatic rings. The molecule has 2 aliphatic rings. The van der Waals surface area contributed by atoms with Crippen LogP contribution in [-0.2, 0) is 0 Å². The summed E-state index contributed by atoms with van der Waals surface area (Å²) in [6, 6.07) is 0.854. The first-order valence-corrected chi connectivity index (χ1v) is 5.22. The van der Waals surface area contributed by atoms with Crippen LogP contribution in [0.2, 0.25) is 0 Å². The standard InChI is InChI=1S/C10H20N2O/c1-7(2)12-6-8-4-11-5-9(12)10(8,3)13/h7-9,11,13H,4-6H2,1-3H3. The summed E-state index contributed by atoms with van der Waals surface area (Å²) >= 11 is 0. The predicted molar refractivity (Wildman–Crippen MR) is 52.6 cm³/mol. The van der Waals surface area contributed by atoms with Crippen LogP contribution in [-0.4, -0.2) is 47.3 Å². The summed E-state index contributed by atoms with van der Waals surface area (Å²) in [6.45, 7) is 9.34. The van der Waals surface area contributed by atoms with Crippen LogP contribution in [0.15, 0.2) is 0 Å². The molecule has 0 radical (unpaired) electrons. The molecule has 2 fully saturated rings. The SMILES string of the molecule is CC(C)N1CC2CNCC1C2(C)O. The van der Waals surface area contributed by atoms with Gasteiger partial charge in [-0.3, -0.25) is 4.90 Å². The molecule has 76 valence electrons. The van der Waals surface area contributed by atoms with Crippen molar-refractivity contribution in [3.05, 3.63) is 0 Å². The number of likely N-dealkylation sites (tertiary alicyclic amines) is 1. The normalized spacial score (nSPS) is 45.9. The molecule has 0 aliphatic carbocycles. The second-order valence-electron chi connectivity index (χ2n) is 4.89. The van der Waals surface area contributed by atoms with Gasteiger partial charge in [-0.15, -0.1) is 0 Å². The Hall–Kier alpha value is -0.120. The molecule has 0 aromatic carbocycles. The molecule has 0 amide bonds. The van der Waals surface area contributed by atoms with Gasteiger partial charge in [-0.1, -0.05) is 0 Å². The number of aliphatic hydroxyl groups is 1. The van der Waals surface area contributed by atoms with Gasteiger partial charge in [0.25, 0.3) is 0 Å². The molecule has 2 aliphatic heterocycles. The van der Waals surface area contributed by atoms with Crippen LogP contribution < -0.4 is 5.32 Å². The minimum atomic E-state index is -0.477. The Labute approximate surface area is 80.1 Å². The molecule has 0 aromatic heterocycles. The topological polar surface area (TPSA) is 35.5 Å². The van der Waals surface area contributed by atoms with Gasteiger partial charge in [0, 0.05) is 31.6 Å². The van der Waals surface area contributed by atoms with E-state index in [1.807, 2.05) is 6.92 Å². The molecule has 2 N–H and O–H groups in total. The third-order valence-electron chi connectivity index (χ3n) is 3.72. The Balaban J connectivity index is 2.21.